The van der Waals surface area contributed by atoms with Gasteiger partial charge in [0.05, 0.1) is 0 Å². The fourth-order valence-electron chi connectivity index (χ4n) is 3.48. The Kier molecular flexibility index (Phi) is 7.38. The minimum atomic E-state index is 0.269. The van der Waals surface area contributed by atoms with E-state index in [0.29, 0.717) is 10.8 Å². The SMILES string of the molecule is CC(C)(C)CC(C)(C)CC=CCC(N)CN1CCNCC1. The van der Waals surface area contributed by atoms with Crippen LogP contribution < -0.4 is 11.1 Å². The van der Waals surface area contributed by atoms with Gasteiger partial charge in [-0.2, -0.15) is 0 Å². The van der Waals surface area contributed by atoms with Crippen molar-refractivity contribution in [1.82, 2.24) is 10.2 Å². The van der Waals surface area contributed by atoms with Crippen LogP contribution in [0.4, 0.5) is 0 Å². The van der Waals surface area contributed by atoms with Gasteiger partial charge in [-0.1, -0.05) is 46.8 Å². The van der Waals surface area contributed by atoms with Crippen LogP contribution in [0.5, 0.6) is 0 Å². The summed E-state index contributed by atoms with van der Waals surface area (Å²) in [5.74, 6) is 0. The van der Waals surface area contributed by atoms with E-state index in [2.05, 4.69) is 57.0 Å². The Morgan fingerprint density at radius 1 is 1.10 bits per heavy atom. The van der Waals surface area contributed by atoms with Crippen LogP contribution in [-0.4, -0.2) is 43.7 Å². The quantitative estimate of drug-likeness (QED) is 0.709. The molecule has 1 saturated heterocycles. The molecule has 0 amide bonds. The van der Waals surface area contributed by atoms with Gasteiger partial charge in [-0.3, -0.25) is 4.90 Å². The first-order valence-corrected chi connectivity index (χ1v) is 8.52. The maximum Gasteiger partial charge on any atom is 0.0202 e. The summed E-state index contributed by atoms with van der Waals surface area (Å²) < 4.78 is 0. The smallest absolute Gasteiger partial charge is 0.0202 e. The predicted molar refractivity (Wildman–Crippen MR) is 93.5 cm³/mol. The molecule has 0 aliphatic carbocycles. The number of rotatable bonds is 7. The molecule has 124 valence electrons. The highest BCUT2D eigenvalue weighted by Gasteiger charge is 2.24. The van der Waals surface area contributed by atoms with E-state index in [1.807, 2.05) is 0 Å². The largest absolute Gasteiger partial charge is 0.326 e. The summed E-state index contributed by atoms with van der Waals surface area (Å²) >= 11 is 0. The van der Waals surface area contributed by atoms with Crippen LogP contribution in [0.3, 0.4) is 0 Å². The van der Waals surface area contributed by atoms with E-state index in [1.54, 1.807) is 0 Å². The Morgan fingerprint density at radius 3 is 2.29 bits per heavy atom. The van der Waals surface area contributed by atoms with E-state index < -0.39 is 0 Å². The highest BCUT2D eigenvalue weighted by molar-refractivity contribution is 4.91. The van der Waals surface area contributed by atoms with Gasteiger partial charge < -0.3 is 11.1 Å². The van der Waals surface area contributed by atoms with Gasteiger partial charge in [-0.05, 0) is 30.1 Å². The number of piperazine rings is 1. The summed E-state index contributed by atoms with van der Waals surface area (Å²) in [5.41, 5.74) is 7.01. The lowest BCUT2D eigenvalue weighted by Crippen LogP contribution is -2.47. The first kappa shape index (κ1) is 18.7. The predicted octanol–water partition coefficient (Wildman–Crippen LogP) is 3.02. The fourth-order valence-corrected chi connectivity index (χ4v) is 3.48. The van der Waals surface area contributed by atoms with Gasteiger partial charge in [0.25, 0.3) is 0 Å². The Morgan fingerprint density at radius 2 is 1.71 bits per heavy atom. The molecular weight excluding hydrogens is 258 g/mol. The Labute approximate surface area is 132 Å². The lowest BCUT2D eigenvalue weighted by Gasteiger charge is -2.31. The zero-order valence-electron chi connectivity index (χ0n) is 14.9. The molecule has 0 spiro atoms. The lowest BCUT2D eigenvalue weighted by atomic mass is 9.74. The summed E-state index contributed by atoms with van der Waals surface area (Å²) in [5, 5.41) is 3.38. The molecule has 3 N–H and O–H groups in total. The van der Waals surface area contributed by atoms with Crippen LogP contribution in [-0.2, 0) is 0 Å². The molecule has 0 aromatic heterocycles. The number of hydrogen-bond donors (Lipinski definition) is 2. The van der Waals surface area contributed by atoms with Crippen LogP contribution in [0.25, 0.3) is 0 Å². The van der Waals surface area contributed by atoms with E-state index in [1.165, 1.54) is 6.42 Å². The average Bonchev–Trinajstić information content (AvgIpc) is 2.33. The Balaban J connectivity index is 2.23. The first-order chi connectivity index (χ1) is 9.68. The van der Waals surface area contributed by atoms with Gasteiger partial charge in [0, 0.05) is 38.8 Å². The summed E-state index contributed by atoms with van der Waals surface area (Å²) in [6.07, 6.45) is 8.01. The van der Waals surface area contributed by atoms with Gasteiger partial charge in [-0.15, -0.1) is 0 Å². The van der Waals surface area contributed by atoms with E-state index in [9.17, 15) is 0 Å². The number of nitrogens with zero attached hydrogens (tertiary/aromatic N) is 1. The highest BCUT2D eigenvalue weighted by atomic mass is 15.2. The molecule has 3 nitrogen and oxygen atoms in total. The van der Waals surface area contributed by atoms with Crippen molar-refractivity contribution in [3.63, 3.8) is 0 Å². The standard InChI is InChI=1S/C18H37N3/c1-17(2,3)15-18(4,5)9-7-6-8-16(19)14-21-12-10-20-11-13-21/h6-7,16,20H,8-15,19H2,1-5H3. The van der Waals surface area contributed by atoms with Crippen LogP contribution in [0, 0.1) is 10.8 Å². The first-order valence-electron chi connectivity index (χ1n) is 8.52. The molecule has 1 fully saturated rings. The highest BCUT2D eigenvalue weighted by Crippen LogP contribution is 2.35. The second kappa shape index (κ2) is 8.30. The molecule has 0 radical (unpaired) electrons. The van der Waals surface area contributed by atoms with Crippen LogP contribution in [0.2, 0.25) is 0 Å². The van der Waals surface area contributed by atoms with Crippen molar-refractivity contribution in [2.75, 3.05) is 32.7 Å². The molecule has 0 aromatic rings. The van der Waals surface area contributed by atoms with E-state index in [0.717, 1.165) is 45.6 Å². The van der Waals surface area contributed by atoms with Crippen molar-refractivity contribution < 1.29 is 0 Å². The van der Waals surface area contributed by atoms with E-state index >= 15 is 0 Å². The third-order valence-corrected chi connectivity index (χ3v) is 3.99. The van der Waals surface area contributed by atoms with Crippen molar-refractivity contribution in [2.45, 2.75) is 59.9 Å². The van der Waals surface area contributed by atoms with Gasteiger partial charge in [0.15, 0.2) is 0 Å². The number of allylic oxidation sites excluding steroid dienone is 1. The molecule has 1 aliphatic heterocycles. The summed E-state index contributed by atoms with van der Waals surface area (Å²) in [4.78, 5) is 2.47. The van der Waals surface area contributed by atoms with Gasteiger partial charge in [-0.25, -0.2) is 0 Å². The van der Waals surface area contributed by atoms with Crippen molar-refractivity contribution in [2.24, 2.45) is 16.6 Å². The molecule has 1 aliphatic rings. The van der Waals surface area contributed by atoms with Crippen LogP contribution in [0.15, 0.2) is 12.2 Å². The van der Waals surface area contributed by atoms with Gasteiger partial charge >= 0.3 is 0 Å². The molecule has 1 heterocycles. The second-order valence-electron chi connectivity index (χ2n) is 8.62. The lowest BCUT2D eigenvalue weighted by molar-refractivity contribution is 0.214. The van der Waals surface area contributed by atoms with Crippen molar-refractivity contribution in [3.05, 3.63) is 12.2 Å². The van der Waals surface area contributed by atoms with Crippen LogP contribution in [0.1, 0.15) is 53.9 Å². The third-order valence-electron chi connectivity index (χ3n) is 3.99. The number of hydrogen-bond acceptors (Lipinski definition) is 3. The van der Waals surface area contributed by atoms with Crippen molar-refractivity contribution in [1.29, 1.82) is 0 Å². The fraction of sp³-hybridized carbons (Fsp3) is 0.889. The molecule has 1 atom stereocenters. The third kappa shape index (κ3) is 9.28. The van der Waals surface area contributed by atoms with Gasteiger partial charge in [0.1, 0.15) is 0 Å². The molecule has 0 saturated carbocycles. The average molecular weight is 296 g/mol. The summed E-state index contributed by atoms with van der Waals surface area (Å²) in [6.45, 7) is 17.2. The van der Waals surface area contributed by atoms with Crippen molar-refractivity contribution in [3.8, 4) is 0 Å². The minimum absolute atomic E-state index is 0.269. The summed E-state index contributed by atoms with van der Waals surface area (Å²) in [6, 6.07) is 0.269. The Hall–Kier alpha value is -0.380. The molecule has 21 heavy (non-hydrogen) atoms. The second-order valence-corrected chi connectivity index (χ2v) is 8.62. The van der Waals surface area contributed by atoms with Crippen LogP contribution >= 0.6 is 0 Å². The monoisotopic (exact) mass is 295 g/mol. The maximum atomic E-state index is 6.24. The molecular formula is C18H37N3. The zero-order valence-corrected chi connectivity index (χ0v) is 14.9. The zero-order chi connectivity index (χ0) is 15.9. The normalized spacial score (nSPS) is 20.1. The maximum absolute atomic E-state index is 6.24. The van der Waals surface area contributed by atoms with E-state index in [-0.39, 0.29) is 6.04 Å². The van der Waals surface area contributed by atoms with E-state index in [4.69, 9.17) is 5.73 Å². The molecule has 1 unspecified atom stereocenters. The molecule has 3 heteroatoms. The Bertz CT molecular complexity index is 309. The molecule has 0 aromatic carbocycles. The van der Waals surface area contributed by atoms with Gasteiger partial charge in [0.2, 0.25) is 0 Å². The summed E-state index contributed by atoms with van der Waals surface area (Å²) in [7, 11) is 0. The molecule has 0 bridgehead atoms. The minimum Gasteiger partial charge on any atom is -0.326 e. The van der Waals surface area contributed by atoms with Crippen molar-refractivity contribution >= 4 is 0 Å². The topological polar surface area (TPSA) is 41.3 Å². The molecule has 1 rings (SSSR count). The number of nitrogens with two attached hydrogens (primary N) is 1. The number of nitrogens with one attached hydrogen (secondary N) is 1.